The number of hydrogen-bond donors (Lipinski definition) is 2. The number of likely N-dealkylation sites (N-methyl/N-ethyl adjacent to an activating group) is 1. The zero-order valence-electron chi connectivity index (χ0n) is 26.3. The van der Waals surface area contributed by atoms with E-state index in [2.05, 4.69) is 109 Å². The Morgan fingerprint density at radius 1 is 0.955 bits per heavy atom. The molecule has 2 aromatic carbocycles. The first-order chi connectivity index (χ1) is 21.3. The number of piperazine rings is 1. The van der Waals surface area contributed by atoms with Crippen LogP contribution in [0.3, 0.4) is 0 Å². The summed E-state index contributed by atoms with van der Waals surface area (Å²) in [5, 5.41) is 9.43. The summed E-state index contributed by atoms with van der Waals surface area (Å²) in [7, 11) is 3.55. The van der Waals surface area contributed by atoms with Crippen LogP contribution in [0.15, 0.2) is 53.3 Å². The lowest BCUT2D eigenvalue weighted by Gasteiger charge is -2.43. The van der Waals surface area contributed by atoms with E-state index in [1.165, 1.54) is 61.0 Å². The molecule has 11 heteroatoms. The molecule has 9 nitrogen and oxygen atoms in total. The van der Waals surface area contributed by atoms with Crippen molar-refractivity contribution in [3.05, 3.63) is 58.8 Å². The molecule has 44 heavy (non-hydrogen) atoms. The molecule has 2 saturated heterocycles. The number of hydrogen-bond acceptors (Lipinski definition) is 9. The Bertz CT molecular complexity index is 1620. The molecule has 2 aromatic heterocycles. The molecular weight excluding hydrogens is 635 g/mol. The van der Waals surface area contributed by atoms with Crippen molar-refractivity contribution < 1.29 is 4.74 Å². The molecule has 0 spiro atoms. The lowest BCUT2D eigenvalue weighted by molar-refractivity contribution is 0.0982. The lowest BCUT2D eigenvalue weighted by atomic mass is 10.0. The fourth-order valence-electron chi connectivity index (χ4n) is 6.43. The Hall–Kier alpha value is -3.04. The molecule has 0 radical (unpaired) electrons. The third-order valence-electron chi connectivity index (χ3n) is 8.82. The number of rotatable bonds is 8. The number of anilines is 5. The van der Waals surface area contributed by atoms with Crippen molar-refractivity contribution in [2.24, 2.45) is 0 Å². The molecule has 2 N–H and O–H groups in total. The predicted octanol–water partition coefficient (Wildman–Crippen LogP) is 6.17. The molecular formula is C33H42BrN8OP. The second-order valence-electron chi connectivity index (χ2n) is 12.0. The van der Waals surface area contributed by atoms with Crippen LogP contribution < -0.4 is 25.6 Å². The molecule has 0 amide bonds. The van der Waals surface area contributed by atoms with Crippen molar-refractivity contribution in [1.82, 2.24) is 24.8 Å². The molecule has 2 fully saturated rings. The van der Waals surface area contributed by atoms with E-state index in [1.807, 2.05) is 12.3 Å². The largest absolute Gasteiger partial charge is 0.494 e. The molecule has 2 aliphatic rings. The van der Waals surface area contributed by atoms with E-state index in [9.17, 15) is 0 Å². The van der Waals surface area contributed by atoms with Crippen LogP contribution in [0.1, 0.15) is 18.4 Å². The van der Waals surface area contributed by atoms with Gasteiger partial charge in [0.25, 0.3) is 0 Å². The summed E-state index contributed by atoms with van der Waals surface area (Å²) in [5.41, 5.74) is 5.31. The molecule has 232 valence electrons. The number of fused-ring (bicyclic) bond motifs is 1. The van der Waals surface area contributed by atoms with Crippen LogP contribution in [0, 0.1) is 6.92 Å². The van der Waals surface area contributed by atoms with Crippen molar-refractivity contribution in [2.45, 2.75) is 25.8 Å². The van der Waals surface area contributed by atoms with E-state index in [0.29, 0.717) is 17.8 Å². The van der Waals surface area contributed by atoms with Crippen LogP contribution in [0.2, 0.25) is 0 Å². The van der Waals surface area contributed by atoms with Gasteiger partial charge in [-0.05, 0) is 85.9 Å². The van der Waals surface area contributed by atoms with Crippen molar-refractivity contribution in [2.75, 3.05) is 82.3 Å². The minimum atomic E-state index is -0.398. The number of aryl methyl sites for hydroxylation is 1. The van der Waals surface area contributed by atoms with Gasteiger partial charge in [0.2, 0.25) is 5.95 Å². The van der Waals surface area contributed by atoms with Gasteiger partial charge in [-0.15, -0.1) is 0 Å². The Morgan fingerprint density at radius 3 is 2.45 bits per heavy atom. The molecule has 6 rings (SSSR count). The number of benzene rings is 2. The van der Waals surface area contributed by atoms with Crippen LogP contribution >= 0.6 is 23.9 Å². The summed E-state index contributed by atoms with van der Waals surface area (Å²) >= 11 is 3.65. The highest BCUT2D eigenvalue weighted by atomic mass is 79.9. The number of halogens is 1. The Balaban J connectivity index is 1.19. The maximum absolute atomic E-state index is 5.88. The monoisotopic (exact) mass is 676 g/mol. The highest BCUT2D eigenvalue weighted by Crippen LogP contribution is 2.38. The molecule has 0 bridgehead atoms. The van der Waals surface area contributed by atoms with E-state index in [4.69, 9.17) is 9.72 Å². The highest BCUT2D eigenvalue weighted by molar-refractivity contribution is 9.10. The number of aromatic nitrogens is 3. The third kappa shape index (κ3) is 6.64. The van der Waals surface area contributed by atoms with E-state index in [1.54, 1.807) is 13.3 Å². The van der Waals surface area contributed by atoms with Gasteiger partial charge in [0.05, 0.1) is 22.8 Å². The van der Waals surface area contributed by atoms with Crippen molar-refractivity contribution >= 4 is 68.9 Å². The zero-order chi connectivity index (χ0) is 30.8. The zero-order valence-corrected chi connectivity index (χ0v) is 28.8. The molecule has 0 unspecified atom stereocenters. The van der Waals surface area contributed by atoms with Crippen molar-refractivity contribution in [3.8, 4) is 5.75 Å². The summed E-state index contributed by atoms with van der Waals surface area (Å²) in [4.78, 5) is 21.6. The van der Waals surface area contributed by atoms with Crippen LogP contribution in [-0.2, 0) is 0 Å². The first kappa shape index (κ1) is 31.0. The van der Waals surface area contributed by atoms with E-state index in [-0.39, 0.29) is 0 Å². The summed E-state index contributed by atoms with van der Waals surface area (Å²) in [6, 6.07) is 13.3. The summed E-state index contributed by atoms with van der Waals surface area (Å²) in [6.45, 7) is 13.5. The molecule has 2 aliphatic heterocycles. The normalized spacial score (nSPS) is 16.9. The van der Waals surface area contributed by atoms with E-state index in [0.717, 1.165) is 40.2 Å². The number of piperidine rings is 1. The van der Waals surface area contributed by atoms with Crippen LogP contribution in [0.5, 0.6) is 5.75 Å². The minimum Gasteiger partial charge on any atom is -0.494 e. The van der Waals surface area contributed by atoms with Gasteiger partial charge in [-0.1, -0.05) is 14.0 Å². The second-order valence-corrected chi connectivity index (χ2v) is 15.1. The topological polar surface area (TPSA) is 81.7 Å². The Labute approximate surface area is 270 Å². The van der Waals surface area contributed by atoms with Gasteiger partial charge in [-0.2, -0.15) is 4.98 Å². The van der Waals surface area contributed by atoms with Gasteiger partial charge in [-0.25, -0.2) is 4.98 Å². The molecule has 4 heterocycles. The fraction of sp³-hybridized carbons (Fsp3) is 0.424. The summed E-state index contributed by atoms with van der Waals surface area (Å²) in [5.74, 6) is 1.97. The minimum absolute atomic E-state index is 0.398. The van der Waals surface area contributed by atoms with Crippen LogP contribution in [-0.4, -0.2) is 97.5 Å². The van der Waals surface area contributed by atoms with Gasteiger partial charge in [-0.3, -0.25) is 9.88 Å². The fourth-order valence-corrected chi connectivity index (χ4v) is 8.00. The molecule has 0 aliphatic carbocycles. The highest BCUT2D eigenvalue weighted by Gasteiger charge is 2.28. The number of pyridine rings is 1. The van der Waals surface area contributed by atoms with Crippen molar-refractivity contribution in [1.29, 1.82) is 0 Å². The van der Waals surface area contributed by atoms with Gasteiger partial charge < -0.3 is 25.2 Å². The number of nitrogens with zero attached hydrogens (tertiary/aromatic N) is 6. The number of nitrogens with one attached hydrogen (secondary N) is 2. The first-order valence-electron chi connectivity index (χ1n) is 15.3. The Kier molecular flexibility index (Phi) is 9.52. The standard InChI is InChI=1S/C33H42BrN8OP/c1-22-19-28(30(43-3)20-29(22)42-13-10-23(11-14-42)41-17-15-40(2)16-18-41)38-33-36-21-25(34)32(39-33)37-27-9-8-26-24(7-6-12-35-26)31(27)44(4)5/h6-9,12,19-21,23H,10-11,13-18H2,1-5H3,(H2,36,37,38,39). The van der Waals surface area contributed by atoms with E-state index < -0.39 is 7.92 Å². The smallest absolute Gasteiger partial charge is 0.229 e. The van der Waals surface area contributed by atoms with E-state index >= 15 is 0 Å². The summed E-state index contributed by atoms with van der Waals surface area (Å²) in [6.07, 6.45) is 6.01. The van der Waals surface area contributed by atoms with Gasteiger partial charge >= 0.3 is 0 Å². The second kappa shape index (κ2) is 13.5. The summed E-state index contributed by atoms with van der Waals surface area (Å²) < 4.78 is 6.66. The molecule has 0 saturated carbocycles. The van der Waals surface area contributed by atoms with Crippen LogP contribution in [0.25, 0.3) is 10.9 Å². The lowest BCUT2D eigenvalue weighted by Crippen LogP contribution is -2.52. The maximum atomic E-state index is 5.88. The maximum Gasteiger partial charge on any atom is 0.229 e. The quantitative estimate of drug-likeness (QED) is 0.213. The number of methoxy groups -OCH3 is 1. The molecule has 0 atom stereocenters. The van der Waals surface area contributed by atoms with Gasteiger partial charge in [0.1, 0.15) is 11.6 Å². The average Bonchev–Trinajstić information content (AvgIpc) is 3.03. The third-order valence-corrected chi connectivity index (χ3v) is 10.8. The van der Waals surface area contributed by atoms with Gasteiger partial charge in [0, 0.05) is 85.8 Å². The average molecular weight is 678 g/mol. The number of ether oxygens (including phenoxy) is 1. The van der Waals surface area contributed by atoms with Crippen molar-refractivity contribution in [3.63, 3.8) is 0 Å². The van der Waals surface area contributed by atoms with Crippen LogP contribution in [0.4, 0.5) is 28.8 Å². The first-order valence-corrected chi connectivity index (χ1v) is 18.3. The predicted molar refractivity (Wildman–Crippen MR) is 188 cm³/mol. The SMILES string of the molecule is COc1cc(N2CCC(N3CCN(C)CC3)CC2)c(C)cc1Nc1ncc(Br)c(Nc2ccc3ncccc3c2P(C)C)n1. The van der Waals surface area contributed by atoms with Gasteiger partial charge in [0.15, 0.2) is 0 Å². The Morgan fingerprint density at radius 2 is 1.73 bits per heavy atom. The molecule has 4 aromatic rings.